The van der Waals surface area contributed by atoms with E-state index < -0.39 is 4.92 Å². The minimum Gasteiger partial charge on any atom is -0.322 e. The standard InChI is InChI=1S/C21H22N4O3/c1-13-11-17(7-10-20(13)25(27)28)21(26)22-18-8-5-16(6-9-18)12-19-14(2)23-24(4)15(19)3/h5-11H,12H2,1-4H3,(H,22,26). The molecule has 7 nitrogen and oxygen atoms in total. The molecule has 1 amide bonds. The Morgan fingerprint density at radius 3 is 2.36 bits per heavy atom. The van der Waals surface area contributed by atoms with E-state index in [4.69, 9.17) is 0 Å². The summed E-state index contributed by atoms with van der Waals surface area (Å²) in [7, 11) is 1.93. The first-order valence-corrected chi connectivity index (χ1v) is 8.90. The molecule has 0 aliphatic carbocycles. The van der Waals surface area contributed by atoms with Gasteiger partial charge in [-0.1, -0.05) is 12.1 Å². The minimum atomic E-state index is -0.457. The molecule has 0 aliphatic rings. The van der Waals surface area contributed by atoms with E-state index in [0.29, 0.717) is 16.8 Å². The molecule has 0 atom stereocenters. The Bertz CT molecular complexity index is 1050. The molecule has 0 spiro atoms. The largest absolute Gasteiger partial charge is 0.322 e. The molecule has 3 rings (SSSR count). The van der Waals surface area contributed by atoms with Gasteiger partial charge in [0.2, 0.25) is 0 Å². The summed E-state index contributed by atoms with van der Waals surface area (Å²) in [6.07, 6.45) is 0.779. The molecule has 1 N–H and O–H groups in total. The van der Waals surface area contributed by atoms with Gasteiger partial charge in [-0.05, 0) is 50.6 Å². The van der Waals surface area contributed by atoms with Crippen molar-refractivity contribution in [1.29, 1.82) is 0 Å². The van der Waals surface area contributed by atoms with Crippen molar-refractivity contribution in [2.24, 2.45) is 7.05 Å². The van der Waals surface area contributed by atoms with Crippen LogP contribution in [0.15, 0.2) is 42.5 Å². The maximum atomic E-state index is 12.4. The highest BCUT2D eigenvalue weighted by molar-refractivity contribution is 6.04. The fraction of sp³-hybridized carbons (Fsp3) is 0.238. The molecule has 2 aromatic carbocycles. The smallest absolute Gasteiger partial charge is 0.272 e. The second kappa shape index (κ2) is 7.64. The van der Waals surface area contributed by atoms with Gasteiger partial charge in [-0.2, -0.15) is 5.10 Å². The van der Waals surface area contributed by atoms with E-state index >= 15 is 0 Å². The van der Waals surface area contributed by atoms with Gasteiger partial charge in [0.05, 0.1) is 10.6 Å². The van der Waals surface area contributed by atoms with E-state index in [1.165, 1.54) is 23.8 Å². The number of anilines is 1. The number of nitrogens with one attached hydrogen (secondary N) is 1. The molecule has 3 aromatic rings. The molecule has 7 heteroatoms. The third-order valence-electron chi connectivity index (χ3n) is 4.91. The fourth-order valence-corrected chi connectivity index (χ4v) is 3.19. The minimum absolute atomic E-state index is 0.00175. The lowest BCUT2D eigenvalue weighted by Gasteiger charge is -2.08. The van der Waals surface area contributed by atoms with Crippen molar-refractivity contribution in [1.82, 2.24) is 9.78 Å². The maximum absolute atomic E-state index is 12.4. The molecule has 0 fully saturated rings. The fourth-order valence-electron chi connectivity index (χ4n) is 3.19. The third kappa shape index (κ3) is 3.93. The number of carbonyl (C=O) groups excluding carboxylic acids is 1. The van der Waals surface area contributed by atoms with Gasteiger partial charge in [0.1, 0.15) is 0 Å². The summed E-state index contributed by atoms with van der Waals surface area (Å²) >= 11 is 0. The molecule has 0 saturated heterocycles. The second-order valence-electron chi connectivity index (χ2n) is 6.86. The van der Waals surface area contributed by atoms with Gasteiger partial charge in [0.25, 0.3) is 11.6 Å². The summed E-state index contributed by atoms with van der Waals surface area (Å²) in [6.45, 7) is 5.67. The SMILES string of the molecule is Cc1cc(C(=O)Nc2ccc(Cc3c(C)nn(C)c3C)cc2)ccc1[N+](=O)[O-]. The molecule has 0 aliphatic heterocycles. The first-order valence-electron chi connectivity index (χ1n) is 8.90. The van der Waals surface area contributed by atoms with Crippen LogP contribution in [0.25, 0.3) is 0 Å². The Morgan fingerprint density at radius 1 is 1.14 bits per heavy atom. The summed E-state index contributed by atoms with van der Waals surface area (Å²) in [5.41, 5.74) is 6.01. The number of aryl methyl sites for hydroxylation is 3. The topological polar surface area (TPSA) is 90.1 Å². The number of nitro benzene ring substituents is 1. The monoisotopic (exact) mass is 378 g/mol. The summed E-state index contributed by atoms with van der Waals surface area (Å²) in [6, 6.07) is 12.0. The number of amides is 1. The molecule has 0 unspecified atom stereocenters. The van der Waals surface area contributed by atoms with Crippen molar-refractivity contribution in [2.75, 3.05) is 5.32 Å². The van der Waals surface area contributed by atoms with Gasteiger partial charge in [0, 0.05) is 47.6 Å². The highest BCUT2D eigenvalue weighted by atomic mass is 16.6. The van der Waals surface area contributed by atoms with E-state index in [1.807, 2.05) is 42.9 Å². The Balaban J connectivity index is 1.71. The quantitative estimate of drug-likeness (QED) is 0.535. The lowest BCUT2D eigenvalue weighted by Crippen LogP contribution is -2.12. The summed E-state index contributed by atoms with van der Waals surface area (Å²) in [5.74, 6) is -0.301. The number of benzene rings is 2. The highest BCUT2D eigenvalue weighted by Gasteiger charge is 2.14. The Hall–Kier alpha value is -3.48. The number of rotatable bonds is 5. The molecule has 28 heavy (non-hydrogen) atoms. The predicted octanol–water partition coefficient (Wildman–Crippen LogP) is 4.10. The van der Waals surface area contributed by atoms with Gasteiger partial charge in [-0.3, -0.25) is 19.6 Å². The van der Waals surface area contributed by atoms with Crippen molar-refractivity contribution >= 4 is 17.3 Å². The van der Waals surface area contributed by atoms with Crippen molar-refractivity contribution in [2.45, 2.75) is 27.2 Å². The molecule has 1 aromatic heterocycles. The van der Waals surface area contributed by atoms with Crippen molar-refractivity contribution in [3.63, 3.8) is 0 Å². The van der Waals surface area contributed by atoms with Crippen LogP contribution in [0.2, 0.25) is 0 Å². The molecular weight excluding hydrogens is 356 g/mol. The van der Waals surface area contributed by atoms with Crippen LogP contribution in [0.1, 0.15) is 38.4 Å². The number of nitro groups is 1. The average molecular weight is 378 g/mol. The van der Waals surface area contributed by atoms with Crippen molar-refractivity contribution in [3.8, 4) is 0 Å². The zero-order chi connectivity index (χ0) is 20.4. The molecule has 0 saturated carbocycles. The van der Waals surface area contributed by atoms with Gasteiger partial charge < -0.3 is 5.32 Å². The summed E-state index contributed by atoms with van der Waals surface area (Å²) < 4.78 is 1.88. The first-order chi connectivity index (χ1) is 13.3. The Morgan fingerprint density at radius 2 is 1.82 bits per heavy atom. The summed E-state index contributed by atoms with van der Waals surface area (Å²) in [5, 5.41) is 18.2. The predicted molar refractivity (Wildman–Crippen MR) is 108 cm³/mol. The molecule has 144 valence electrons. The highest BCUT2D eigenvalue weighted by Crippen LogP contribution is 2.21. The molecule has 0 bridgehead atoms. The van der Waals surface area contributed by atoms with E-state index in [2.05, 4.69) is 17.3 Å². The van der Waals surface area contributed by atoms with Crippen LogP contribution in [0.3, 0.4) is 0 Å². The van der Waals surface area contributed by atoms with Crippen LogP contribution in [-0.4, -0.2) is 20.6 Å². The number of hydrogen-bond acceptors (Lipinski definition) is 4. The lowest BCUT2D eigenvalue weighted by atomic mass is 10.0. The van der Waals surface area contributed by atoms with E-state index in [1.54, 1.807) is 6.92 Å². The number of aromatic nitrogens is 2. The lowest BCUT2D eigenvalue weighted by molar-refractivity contribution is -0.385. The molecule has 1 heterocycles. The van der Waals surface area contributed by atoms with Crippen LogP contribution < -0.4 is 5.32 Å². The van der Waals surface area contributed by atoms with Crippen LogP contribution in [0.4, 0.5) is 11.4 Å². The first kappa shape index (κ1) is 19.3. The number of carbonyl (C=O) groups is 1. The van der Waals surface area contributed by atoms with Crippen molar-refractivity contribution in [3.05, 3.63) is 86.2 Å². The molecular formula is C21H22N4O3. The summed E-state index contributed by atoms with van der Waals surface area (Å²) in [4.78, 5) is 22.9. The third-order valence-corrected chi connectivity index (χ3v) is 4.91. The Kier molecular flexibility index (Phi) is 5.26. The van der Waals surface area contributed by atoms with Gasteiger partial charge in [-0.25, -0.2) is 0 Å². The van der Waals surface area contributed by atoms with Crippen LogP contribution in [0.5, 0.6) is 0 Å². The molecule has 0 radical (unpaired) electrons. The van der Waals surface area contributed by atoms with Crippen LogP contribution in [-0.2, 0) is 13.5 Å². The second-order valence-corrected chi connectivity index (χ2v) is 6.86. The van der Waals surface area contributed by atoms with Gasteiger partial charge in [-0.15, -0.1) is 0 Å². The number of nitrogens with zero attached hydrogens (tertiary/aromatic N) is 3. The van der Waals surface area contributed by atoms with Crippen LogP contribution in [0, 0.1) is 30.9 Å². The van der Waals surface area contributed by atoms with Gasteiger partial charge in [0.15, 0.2) is 0 Å². The van der Waals surface area contributed by atoms with Crippen molar-refractivity contribution < 1.29 is 9.72 Å². The Labute approximate surface area is 163 Å². The maximum Gasteiger partial charge on any atom is 0.272 e. The van der Waals surface area contributed by atoms with E-state index in [-0.39, 0.29) is 11.6 Å². The van der Waals surface area contributed by atoms with E-state index in [0.717, 1.165) is 23.4 Å². The normalized spacial score (nSPS) is 10.7. The van der Waals surface area contributed by atoms with E-state index in [9.17, 15) is 14.9 Å². The zero-order valence-electron chi connectivity index (χ0n) is 16.3. The van der Waals surface area contributed by atoms with Crippen LogP contribution >= 0.6 is 0 Å². The number of hydrogen-bond donors (Lipinski definition) is 1. The van der Waals surface area contributed by atoms with Gasteiger partial charge >= 0.3 is 0 Å². The average Bonchev–Trinajstić information content (AvgIpc) is 2.89. The zero-order valence-corrected chi connectivity index (χ0v) is 16.3.